The third-order valence-corrected chi connectivity index (χ3v) is 5.03. The van der Waals surface area contributed by atoms with E-state index in [0.29, 0.717) is 17.9 Å². The molecule has 14 heavy (non-hydrogen) atoms. The number of amides is 1. The first-order chi connectivity index (χ1) is 6.83. The SMILES string of the molecule is O=C(C1CCSC1)N1CCCC1CBr. The van der Waals surface area contributed by atoms with Gasteiger partial charge in [0.25, 0.3) is 0 Å². The first-order valence-corrected chi connectivity index (χ1v) is 7.54. The molecule has 2 atom stereocenters. The summed E-state index contributed by atoms with van der Waals surface area (Å²) in [4.78, 5) is 14.2. The van der Waals surface area contributed by atoms with Gasteiger partial charge in [-0.1, -0.05) is 15.9 Å². The number of rotatable bonds is 2. The van der Waals surface area contributed by atoms with E-state index in [2.05, 4.69) is 20.8 Å². The van der Waals surface area contributed by atoms with Crippen molar-refractivity contribution in [1.29, 1.82) is 0 Å². The molecule has 1 amide bonds. The lowest BCUT2D eigenvalue weighted by atomic mass is 10.1. The standard InChI is InChI=1S/C10H16BrNOS/c11-6-9-2-1-4-12(9)10(13)8-3-5-14-7-8/h8-9H,1-7H2. The minimum atomic E-state index is 0.319. The molecule has 2 saturated heterocycles. The number of carbonyl (C=O) groups excluding carboxylic acids is 1. The zero-order chi connectivity index (χ0) is 9.97. The summed E-state index contributed by atoms with van der Waals surface area (Å²) >= 11 is 5.41. The van der Waals surface area contributed by atoms with Crippen LogP contribution in [0, 0.1) is 5.92 Å². The van der Waals surface area contributed by atoms with E-state index in [1.54, 1.807) is 0 Å². The van der Waals surface area contributed by atoms with E-state index >= 15 is 0 Å². The number of nitrogens with zero attached hydrogens (tertiary/aromatic N) is 1. The van der Waals surface area contributed by atoms with Crippen LogP contribution in [0.5, 0.6) is 0 Å². The van der Waals surface area contributed by atoms with Crippen molar-refractivity contribution in [3.05, 3.63) is 0 Å². The number of halogens is 1. The molecule has 0 spiro atoms. The molecule has 2 rings (SSSR count). The summed E-state index contributed by atoms with van der Waals surface area (Å²) in [5.74, 6) is 2.95. The summed E-state index contributed by atoms with van der Waals surface area (Å²) < 4.78 is 0. The number of alkyl halides is 1. The summed E-state index contributed by atoms with van der Waals surface area (Å²) in [6.45, 7) is 0.982. The molecule has 2 unspecified atom stereocenters. The topological polar surface area (TPSA) is 20.3 Å². The lowest BCUT2D eigenvalue weighted by Crippen LogP contribution is -2.40. The molecule has 0 radical (unpaired) electrons. The molecule has 0 N–H and O–H groups in total. The first kappa shape index (κ1) is 10.8. The molecule has 0 saturated carbocycles. The average molecular weight is 278 g/mol. The van der Waals surface area contributed by atoms with Crippen LogP contribution in [0.3, 0.4) is 0 Å². The van der Waals surface area contributed by atoms with Crippen molar-refractivity contribution >= 4 is 33.6 Å². The maximum atomic E-state index is 12.1. The van der Waals surface area contributed by atoms with E-state index in [-0.39, 0.29) is 0 Å². The van der Waals surface area contributed by atoms with Crippen LogP contribution in [0.1, 0.15) is 19.3 Å². The molecular formula is C10H16BrNOS. The number of thioether (sulfide) groups is 1. The van der Waals surface area contributed by atoms with Gasteiger partial charge >= 0.3 is 0 Å². The van der Waals surface area contributed by atoms with Crippen LogP contribution in [0.2, 0.25) is 0 Å². The van der Waals surface area contributed by atoms with Crippen molar-refractivity contribution in [3.8, 4) is 0 Å². The Labute approximate surface area is 97.9 Å². The fraction of sp³-hybridized carbons (Fsp3) is 0.900. The molecule has 80 valence electrons. The van der Waals surface area contributed by atoms with Gasteiger partial charge < -0.3 is 4.90 Å². The van der Waals surface area contributed by atoms with E-state index < -0.39 is 0 Å². The van der Waals surface area contributed by atoms with Gasteiger partial charge in [-0.15, -0.1) is 0 Å². The van der Waals surface area contributed by atoms with E-state index in [4.69, 9.17) is 0 Å². The smallest absolute Gasteiger partial charge is 0.226 e. The molecule has 0 aromatic carbocycles. The third-order valence-electron chi connectivity index (χ3n) is 3.12. The second kappa shape index (κ2) is 4.88. The molecule has 4 heteroatoms. The van der Waals surface area contributed by atoms with Gasteiger partial charge in [0.15, 0.2) is 0 Å². The Hall–Kier alpha value is 0.300. The number of carbonyl (C=O) groups is 1. The maximum Gasteiger partial charge on any atom is 0.226 e. The highest BCUT2D eigenvalue weighted by molar-refractivity contribution is 9.09. The molecule has 2 aliphatic heterocycles. The Balaban J connectivity index is 1.95. The zero-order valence-electron chi connectivity index (χ0n) is 8.25. The normalized spacial score (nSPS) is 32.5. The number of hydrogen-bond donors (Lipinski definition) is 0. The van der Waals surface area contributed by atoms with Crippen LogP contribution >= 0.6 is 27.7 Å². The molecule has 0 aliphatic carbocycles. The minimum absolute atomic E-state index is 0.319. The Bertz CT molecular complexity index is 218. The fourth-order valence-corrected chi connectivity index (χ4v) is 4.13. The highest BCUT2D eigenvalue weighted by Gasteiger charge is 2.33. The maximum absolute atomic E-state index is 12.1. The molecule has 2 fully saturated rings. The Kier molecular flexibility index (Phi) is 3.77. The molecule has 0 aromatic rings. The van der Waals surface area contributed by atoms with Crippen LogP contribution in [-0.2, 0) is 4.79 Å². The van der Waals surface area contributed by atoms with Crippen LogP contribution in [0.4, 0.5) is 0 Å². The molecule has 2 aliphatic rings. The number of hydrogen-bond acceptors (Lipinski definition) is 2. The van der Waals surface area contributed by atoms with Gasteiger partial charge in [-0.2, -0.15) is 11.8 Å². The first-order valence-electron chi connectivity index (χ1n) is 5.27. The van der Waals surface area contributed by atoms with Gasteiger partial charge in [0.2, 0.25) is 5.91 Å². The minimum Gasteiger partial charge on any atom is -0.339 e. The predicted molar refractivity (Wildman–Crippen MR) is 64.0 cm³/mol. The van der Waals surface area contributed by atoms with Gasteiger partial charge in [0.05, 0.1) is 0 Å². The van der Waals surface area contributed by atoms with Gasteiger partial charge in [-0.25, -0.2) is 0 Å². The van der Waals surface area contributed by atoms with E-state index in [9.17, 15) is 4.79 Å². The summed E-state index contributed by atoms with van der Waals surface area (Å²) in [5.41, 5.74) is 0. The van der Waals surface area contributed by atoms with Crippen molar-refractivity contribution in [2.75, 3.05) is 23.4 Å². The molecular weight excluding hydrogens is 262 g/mol. The lowest BCUT2D eigenvalue weighted by Gasteiger charge is -2.25. The van der Waals surface area contributed by atoms with Crippen LogP contribution in [-0.4, -0.2) is 40.2 Å². The zero-order valence-corrected chi connectivity index (χ0v) is 10.6. The predicted octanol–water partition coefficient (Wildman–Crippen LogP) is 2.13. The van der Waals surface area contributed by atoms with E-state index in [0.717, 1.165) is 24.0 Å². The second-order valence-corrected chi connectivity index (χ2v) is 5.84. The van der Waals surface area contributed by atoms with Gasteiger partial charge in [0, 0.05) is 29.6 Å². The molecule has 2 nitrogen and oxygen atoms in total. The summed E-state index contributed by atoms with van der Waals surface area (Å²) in [6, 6.07) is 0.466. The third kappa shape index (κ3) is 2.11. The Morgan fingerprint density at radius 2 is 2.36 bits per heavy atom. The second-order valence-electron chi connectivity index (χ2n) is 4.04. The van der Waals surface area contributed by atoms with Crippen molar-refractivity contribution in [1.82, 2.24) is 4.90 Å². The van der Waals surface area contributed by atoms with Crippen molar-refractivity contribution in [3.63, 3.8) is 0 Å². The van der Waals surface area contributed by atoms with Crippen molar-refractivity contribution in [2.24, 2.45) is 5.92 Å². The van der Waals surface area contributed by atoms with E-state index in [1.165, 1.54) is 18.6 Å². The molecule has 2 heterocycles. The van der Waals surface area contributed by atoms with Crippen molar-refractivity contribution in [2.45, 2.75) is 25.3 Å². The fourth-order valence-electron chi connectivity index (χ4n) is 2.25. The van der Waals surface area contributed by atoms with Gasteiger partial charge in [-0.05, 0) is 25.0 Å². The average Bonchev–Trinajstić information content (AvgIpc) is 2.87. The lowest BCUT2D eigenvalue weighted by molar-refractivity contribution is -0.135. The van der Waals surface area contributed by atoms with E-state index in [1.807, 2.05) is 11.8 Å². The monoisotopic (exact) mass is 277 g/mol. The highest BCUT2D eigenvalue weighted by Crippen LogP contribution is 2.28. The highest BCUT2D eigenvalue weighted by atomic mass is 79.9. The quantitative estimate of drug-likeness (QED) is 0.721. The summed E-state index contributed by atoms with van der Waals surface area (Å²) in [7, 11) is 0. The molecule has 0 aromatic heterocycles. The Morgan fingerprint density at radius 1 is 1.50 bits per heavy atom. The van der Waals surface area contributed by atoms with Gasteiger partial charge in [0.1, 0.15) is 0 Å². The van der Waals surface area contributed by atoms with Crippen LogP contribution in [0.15, 0.2) is 0 Å². The Morgan fingerprint density at radius 3 is 3.00 bits per heavy atom. The largest absolute Gasteiger partial charge is 0.339 e. The summed E-state index contributed by atoms with van der Waals surface area (Å²) in [6.07, 6.45) is 3.45. The van der Waals surface area contributed by atoms with Crippen molar-refractivity contribution < 1.29 is 4.79 Å². The van der Waals surface area contributed by atoms with Crippen LogP contribution in [0.25, 0.3) is 0 Å². The number of likely N-dealkylation sites (tertiary alicyclic amines) is 1. The summed E-state index contributed by atoms with van der Waals surface area (Å²) in [5, 5.41) is 0.943. The van der Waals surface area contributed by atoms with Crippen LogP contribution < -0.4 is 0 Å². The molecule has 0 bridgehead atoms. The van der Waals surface area contributed by atoms with Gasteiger partial charge in [-0.3, -0.25) is 4.79 Å².